The Balaban J connectivity index is 1.31. The molecule has 8 nitrogen and oxygen atoms in total. The molecule has 144 valence electrons. The number of benzene rings is 1. The zero-order chi connectivity index (χ0) is 19.1. The Hall–Kier alpha value is -3.03. The molecule has 1 aromatic carbocycles. The molecule has 2 heterocycles. The van der Waals surface area contributed by atoms with Crippen LogP contribution >= 0.6 is 0 Å². The average molecular weight is 378 g/mol. The minimum Gasteiger partial charge on any atom is -0.507 e. The van der Waals surface area contributed by atoms with Crippen LogP contribution in [0.1, 0.15) is 37.9 Å². The first-order chi connectivity index (χ1) is 13.6. The van der Waals surface area contributed by atoms with Crippen LogP contribution in [0.3, 0.4) is 0 Å². The van der Waals surface area contributed by atoms with Crippen LogP contribution in [0.15, 0.2) is 30.3 Å². The van der Waals surface area contributed by atoms with Crippen LogP contribution in [0, 0.1) is 18.8 Å². The first-order valence-corrected chi connectivity index (χ1v) is 9.75. The molecular weight excluding hydrogens is 356 g/mol. The fourth-order valence-corrected chi connectivity index (χ4v) is 4.49. The predicted octanol–water partition coefficient (Wildman–Crippen LogP) is 3.09. The van der Waals surface area contributed by atoms with Gasteiger partial charge in [-0.1, -0.05) is 12.8 Å². The Bertz CT molecular complexity index is 975. The molecule has 2 saturated carbocycles. The van der Waals surface area contributed by atoms with E-state index in [1.165, 1.54) is 24.1 Å². The van der Waals surface area contributed by atoms with Gasteiger partial charge in [0.15, 0.2) is 5.82 Å². The van der Waals surface area contributed by atoms with E-state index in [0.29, 0.717) is 28.6 Å². The van der Waals surface area contributed by atoms with Crippen molar-refractivity contribution in [2.45, 2.75) is 45.1 Å². The summed E-state index contributed by atoms with van der Waals surface area (Å²) in [5.74, 6) is 2.83. The summed E-state index contributed by atoms with van der Waals surface area (Å²) in [6.45, 7) is 1.76. The van der Waals surface area contributed by atoms with Gasteiger partial charge in [0.1, 0.15) is 11.9 Å². The fraction of sp³-hybridized carbons (Fsp3) is 0.450. The zero-order valence-corrected chi connectivity index (χ0v) is 15.7. The Morgan fingerprint density at radius 3 is 2.46 bits per heavy atom. The Morgan fingerprint density at radius 2 is 1.82 bits per heavy atom. The third-order valence-electron chi connectivity index (χ3n) is 5.77. The summed E-state index contributed by atoms with van der Waals surface area (Å²) < 4.78 is 6.07. The Labute approximate surface area is 162 Å². The maximum Gasteiger partial charge on any atom is 0.233 e. The van der Waals surface area contributed by atoms with Crippen LogP contribution in [0.2, 0.25) is 0 Å². The number of hydrogen-bond donors (Lipinski definition) is 1. The van der Waals surface area contributed by atoms with E-state index in [-0.39, 0.29) is 11.9 Å². The van der Waals surface area contributed by atoms with Crippen LogP contribution < -0.4 is 4.74 Å². The number of aryl methyl sites for hydroxylation is 1. The van der Waals surface area contributed by atoms with Crippen LogP contribution in [-0.2, 0) is 0 Å². The predicted molar refractivity (Wildman–Crippen MR) is 101 cm³/mol. The number of nitrogens with zero attached hydrogens (tertiary/aromatic N) is 6. The van der Waals surface area contributed by atoms with Crippen molar-refractivity contribution in [1.29, 1.82) is 0 Å². The lowest BCUT2D eigenvalue weighted by Crippen LogP contribution is -2.26. The molecule has 3 atom stereocenters. The van der Waals surface area contributed by atoms with Crippen molar-refractivity contribution >= 4 is 0 Å². The van der Waals surface area contributed by atoms with Crippen molar-refractivity contribution in [2.24, 2.45) is 11.8 Å². The average Bonchev–Trinajstić information content (AvgIpc) is 3.27. The second-order valence-electron chi connectivity index (χ2n) is 7.84. The highest BCUT2D eigenvalue weighted by Crippen LogP contribution is 2.43. The van der Waals surface area contributed by atoms with E-state index >= 15 is 0 Å². The highest BCUT2D eigenvalue weighted by molar-refractivity contribution is 5.68. The summed E-state index contributed by atoms with van der Waals surface area (Å²) in [6.07, 6.45) is 6.54. The number of phenols is 1. The van der Waals surface area contributed by atoms with Crippen LogP contribution in [0.5, 0.6) is 11.6 Å². The minimum absolute atomic E-state index is 0.0827. The maximum atomic E-state index is 10.4. The van der Waals surface area contributed by atoms with Crippen molar-refractivity contribution in [3.8, 4) is 28.6 Å². The molecular formula is C20H22N6O2. The molecule has 0 spiro atoms. The smallest absolute Gasteiger partial charge is 0.233 e. The number of fused-ring (bicyclic) bond motifs is 2. The number of hydrogen-bond acceptors (Lipinski definition) is 7. The van der Waals surface area contributed by atoms with Gasteiger partial charge in [0.25, 0.3) is 0 Å². The first kappa shape index (κ1) is 17.1. The van der Waals surface area contributed by atoms with Crippen LogP contribution in [-0.4, -0.2) is 41.6 Å². The standard InChI is InChI=1S/C20H22N6O2/c1-12-21-25-26(24-12)15-4-5-17(19(27)11-15)18-6-7-20(23-22-18)28-16-9-13-2-3-14(8-13)10-16/h4-7,11,13-14,16,27H,2-3,8-10H2,1H3/t13-,14+,16+. The molecule has 8 heteroatoms. The first-order valence-electron chi connectivity index (χ1n) is 9.75. The summed E-state index contributed by atoms with van der Waals surface area (Å²) in [7, 11) is 0. The molecule has 0 amide bonds. The van der Waals surface area contributed by atoms with E-state index in [2.05, 4.69) is 25.6 Å². The van der Waals surface area contributed by atoms with E-state index in [0.717, 1.165) is 24.7 Å². The lowest BCUT2D eigenvalue weighted by atomic mass is 9.87. The van der Waals surface area contributed by atoms with E-state index in [4.69, 9.17) is 4.74 Å². The van der Waals surface area contributed by atoms with Gasteiger partial charge in [-0.25, -0.2) is 0 Å². The molecule has 2 aliphatic carbocycles. The van der Waals surface area contributed by atoms with E-state index in [1.807, 2.05) is 12.1 Å². The summed E-state index contributed by atoms with van der Waals surface area (Å²) >= 11 is 0. The minimum atomic E-state index is 0.0827. The van der Waals surface area contributed by atoms with Crippen LogP contribution in [0.25, 0.3) is 16.9 Å². The number of ether oxygens (including phenoxy) is 1. The Morgan fingerprint density at radius 1 is 1.00 bits per heavy atom. The van der Waals surface area contributed by atoms with Crippen molar-refractivity contribution in [2.75, 3.05) is 0 Å². The van der Waals surface area contributed by atoms with Gasteiger partial charge in [0.05, 0.1) is 11.4 Å². The van der Waals surface area contributed by atoms with E-state index in [9.17, 15) is 5.11 Å². The molecule has 1 N–H and O–H groups in total. The Kier molecular flexibility index (Phi) is 4.18. The lowest BCUT2D eigenvalue weighted by molar-refractivity contribution is 0.113. The molecule has 0 aliphatic heterocycles. The van der Waals surface area contributed by atoms with Gasteiger partial charge >= 0.3 is 0 Å². The molecule has 2 aliphatic rings. The SMILES string of the molecule is Cc1nnn(-c2ccc(-c3ccc(O[C@H]4C[C@@H]5CC[C@@H](C5)C4)nn3)c(O)c2)n1. The monoisotopic (exact) mass is 378 g/mol. The number of aromatic hydroxyl groups is 1. The van der Waals surface area contributed by atoms with E-state index in [1.54, 1.807) is 25.1 Å². The molecule has 0 radical (unpaired) electrons. The summed E-state index contributed by atoms with van der Waals surface area (Å²) in [5.41, 5.74) is 1.81. The third-order valence-corrected chi connectivity index (χ3v) is 5.77. The second kappa shape index (κ2) is 6.85. The molecule has 2 bridgehead atoms. The number of rotatable bonds is 4. The highest BCUT2D eigenvalue weighted by Gasteiger charge is 2.35. The molecule has 5 rings (SSSR count). The molecule has 3 aromatic rings. The molecule has 2 fully saturated rings. The van der Waals surface area contributed by atoms with Gasteiger partial charge in [-0.2, -0.15) is 0 Å². The van der Waals surface area contributed by atoms with Crippen molar-refractivity contribution in [3.05, 3.63) is 36.2 Å². The number of tetrazole rings is 1. The van der Waals surface area contributed by atoms with Gasteiger partial charge in [-0.15, -0.1) is 25.2 Å². The quantitative estimate of drug-likeness (QED) is 0.745. The normalized spacial score (nSPS) is 23.7. The van der Waals surface area contributed by atoms with Gasteiger partial charge in [0, 0.05) is 17.7 Å². The largest absolute Gasteiger partial charge is 0.507 e. The fourth-order valence-electron chi connectivity index (χ4n) is 4.49. The van der Waals surface area contributed by atoms with Crippen molar-refractivity contribution < 1.29 is 9.84 Å². The zero-order valence-electron chi connectivity index (χ0n) is 15.7. The van der Waals surface area contributed by atoms with Gasteiger partial charge in [-0.3, -0.25) is 0 Å². The van der Waals surface area contributed by atoms with Crippen molar-refractivity contribution in [3.63, 3.8) is 0 Å². The molecule has 0 unspecified atom stereocenters. The van der Waals surface area contributed by atoms with Gasteiger partial charge < -0.3 is 9.84 Å². The third kappa shape index (κ3) is 3.30. The summed E-state index contributed by atoms with van der Waals surface area (Å²) in [6, 6.07) is 8.81. The molecule has 28 heavy (non-hydrogen) atoms. The van der Waals surface area contributed by atoms with E-state index < -0.39 is 0 Å². The van der Waals surface area contributed by atoms with Crippen molar-refractivity contribution in [1.82, 2.24) is 30.4 Å². The maximum absolute atomic E-state index is 10.4. The summed E-state index contributed by atoms with van der Waals surface area (Å²) in [4.78, 5) is 1.37. The lowest BCUT2D eigenvalue weighted by Gasteiger charge is -2.27. The molecule has 2 aromatic heterocycles. The number of phenolic OH excluding ortho intramolecular Hbond substituents is 1. The summed E-state index contributed by atoms with van der Waals surface area (Å²) in [5, 5.41) is 30.8. The topological polar surface area (TPSA) is 98.8 Å². The molecule has 0 saturated heterocycles. The highest BCUT2D eigenvalue weighted by atomic mass is 16.5. The van der Waals surface area contributed by atoms with Gasteiger partial charge in [-0.05, 0) is 61.4 Å². The second-order valence-corrected chi connectivity index (χ2v) is 7.84. The van der Waals surface area contributed by atoms with Crippen LogP contribution in [0.4, 0.5) is 0 Å². The number of aromatic nitrogens is 6. The van der Waals surface area contributed by atoms with Gasteiger partial charge in [0.2, 0.25) is 5.88 Å².